The fourth-order valence-corrected chi connectivity index (χ4v) is 3.63. The van der Waals surface area contributed by atoms with Gasteiger partial charge in [0.2, 0.25) is 0 Å². The number of rotatable bonds is 6. The first-order chi connectivity index (χ1) is 15.2. The van der Waals surface area contributed by atoms with Crippen LogP contribution in [-0.2, 0) is 12.7 Å². The predicted molar refractivity (Wildman–Crippen MR) is 118 cm³/mol. The summed E-state index contributed by atoms with van der Waals surface area (Å²) in [6.45, 7) is 6.16. The van der Waals surface area contributed by atoms with Crippen LogP contribution in [-0.4, -0.2) is 27.0 Å². The largest absolute Gasteiger partial charge is 0.416 e. The van der Waals surface area contributed by atoms with Gasteiger partial charge in [0.25, 0.3) is 5.56 Å². The third-order valence-electron chi connectivity index (χ3n) is 5.22. The molecule has 9 heteroatoms. The summed E-state index contributed by atoms with van der Waals surface area (Å²) in [4.78, 5) is 32.1. The van der Waals surface area contributed by atoms with Gasteiger partial charge >= 0.3 is 12.2 Å². The predicted octanol–water partition coefficient (Wildman–Crippen LogP) is 5.44. The summed E-state index contributed by atoms with van der Waals surface area (Å²) in [6.07, 6.45) is -3.90. The van der Waals surface area contributed by atoms with Crippen molar-refractivity contribution in [2.45, 2.75) is 46.0 Å². The van der Waals surface area contributed by atoms with Crippen molar-refractivity contribution in [3.63, 3.8) is 0 Å². The first-order valence-corrected chi connectivity index (χ1v) is 10.4. The Morgan fingerprint density at radius 3 is 2.53 bits per heavy atom. The number of halogens is 3. The highest BCUT2D eigenvalue weighted by Crippen LogP contribution is 2.31. The minimum absolute atomic E-state index is 0.0393. The van der Waals surface area contributed by atoms with Gasteiger partial charge in [-0.1, -0.05) is 25.1 Å². The van der Waals surface area contributed by atoms with Gasteiger partial charge in [-0.3, -0.25) is 9.36 Å². The maximum absolute atomic E-state index is 13.0. The summed E-state index contributed by atoms with van der Waals surface area (Å²) in [7, 11) is 0. The summed E-state index contributed by atoms with van der Waals surface area (Å²) < 4.78 is 40.6. The summed E-state index contributed by atoms with van der Waals surface area (Å²) in [5, 5.41) is 3.04. The Balaban J connectivity index is 1.97. The molecule has 2 aromatic carbocycles. The van der Waals surface area contributed by atoms with E-state index in [1.165, 1.54) is 21.6 Å². The van der Waals surface area contributed by atoms with Crippen molar-refractivity contribution in [3.8, 4) is 0 Å². The Kier molecular flexibility index (Phi) is 6.86. The molecule has 6 nitrogen and oxygen atoms in total. The van der Waals surface area contributed by atoms with Crippen molar-refractivity contribution in [2.24, 2.45) is 0 Å². The lowest BCUT2D eigenvalue weighted by atomic mass is 10.2. The van der Waals surface area contributed by atoms with Crippen molar-refractivity contribution in [3.05, 3.63) is 70.3 Å². The number of para-hydroxylation sites is 1. The molecule has 170 valence electrons. The number of carbonyl (C=O) groups excluding carboxylic acids is 1. The van der Waals surface area contributed by atoms with Gasteiger partial charge in [0.1, 0.15) is 5.82 Å². The quantitative estimate of drug-likeness (QED) is 0.548. The molecular formula is C23H25F3N4O2. The molecule has 0 radical (unpaired) electrons. The number of amides is 2. The molecule has 0 aliphatic rings. The zero-order chi connectivity index (χ0) is 23.5. The van der Waals surface area contributed by atoms with Crippen LogP contribution in [0, 0.1) is 0 Å². The number of anilines is 1. The van der Waals surface area contributed by atoms with E-state index in [4.69, 9.17) is 0 Å². The van der Waals surface area contributed by atoms with Crippen molar-refractivity contribution >= 4 is 22.6 Å². The lowest BCUT2D eigenvalue weighted by Gasteiger charge is -2.30. The van der Waals surface area contributed by atoms with Crippen LogP contribution >= 0.6 is 0 Å². The molecule has 3 rings (SSSR count). The van der Waals surface area contributed by atoms with Crippen molar-refractivity contribution in [1.29, 1.82) is 0 Å². The normalized spacial score (nSPS) is 12.6. The average Bonchev–Trinajstić information content (AvgIpc) is 2.76. The molecule has 1 atom stereocenters. The van der Waals surface area contributed by atoms with E-state index in [2.05, 4.69) is 10.3 Å². The summed E-state index contributed by atoms with van der Waals surface area (Å²) in [6, 6.07) is 10.3. The Morgan fingerprint density at radius 2 is 1.88 bits per heavy atom. The molecular weight excluding hydrogens is 421 g/mol. The third-order valence-corrected chi connectivity index (χ3v) is 5.22. The molecule has 1 aromatic heterocycles. The van der Waals surface area contributed by atoms with Crippen LogP contribution in [0.5, 0.6) is 0 Å². The number of hydrogen-bond donors (Lipinski definition) is 1. The topological polar surface area (TPSA) is 67.2 Å². The number of alkyl halides is 3. The highest BCUT2D eigenvalue weighted by Gasteiger charge is 2.31. The van der Waals surface area contributed by atoms with Crippen LogP contribution in [0.15, 0.2) is 53.3 Å². The second kappa shape index (κ2) is 9.42. The SMILES string of the molecule is CCCN(C(=O)Nc1cccc(C(F)(F)F)c1)C(C)c1nc2ccccc2c(=O)n1CC. The molecule has 1 unspecified atom stereocenters. The maximum atomic E-state index is 13.0. The number of fused-ring (bicyclic) bond motifs is 1. The molecule has 32 heavy (non-hydrogen) atoms. The number of aromatic nitrogens is 2. The highest BCUT2D eigenvalue weighted by molar-refractivity contribution is 5.89. The fourth-order valence-electron chi connectivity index (χ4n) is 3.63. The third kappa shape index (κ3) is 4.76. The molecule has 0 saturated carbocycles. The summed E-state index contributed by atoms with van der Waals surface area (Å²) in [5.41, 5.74) is -0.479. The van der Waals surface area contributed by atoms with E-state index < -0.39 is 23.8 Å². The average molecular weight is 446 g/mol. The second-order valence-corrected chi connectivity index (χ2v) is 7.41. The van der Waals surface area contributed by atoms with Gasteiger partial charge in [0.05, 0.1) is 22.5 Å². The zero-order valence-electron chi connectivity index (χ0n) is 18.1. The van der Waals surface area contributed by atoms with E-state index >= 15 is 0 Å². The number of benzene rings is 2. The lowest BCUT2D eigenvalue weighted by molar-refractivity contribution is -0.137. The first kappa shape index (κ1) is 23.3. The van der Waals surface area contributed by atoms with Gasteiger partial charge in [-0.2, -0.15) is 13.2 Å². The molecule has 0 fully saturated rings. The minimum Gasteiger partial charge on any atom is -0.315 e. The van der Waals surface area contributed by atoms with Crippen LogP contribution in [0.1, 0.15) is 44.6 Å². The van der Waals surface area contributed by atoms with Crippen molar-refractivity contribution < 1.29 is 18.0 Å². The van der Waals surface area contributed by atoms with Crippen LogP contribution in [0.4, 0.5) is 23.7 Å². The van der Waals surface area contributed by atoms with Crippen LogP contribution in [0.2, 0.25) is 0 Å². The first-order valence-electron chi connectivity index (χ1n) is 10.4. The molecule has 0 spiro atoms. The molecule has 3 aromatic rings. The fraction of sp³-hybridized carbons (Fsp3) is 0.348. The minimum atomic E-state index is -4.51. The van der Waals surface area contributed by atoms with Gasteiger partial charge in [-0.25, -0.2) is 9.78 Å². The van der Waals surface area contributed by atoms with Crippen LogP contribution in [0.3, 0.4) is 0 Å². The van der Waals surface area contributed by atoms with Gasteiger partial charge in [0.15, 0.2) is 0 Å². The molecule has 0 aliphatic carbocycles. The monoisotopic (exact) mass is 446 g/mol. The number of nitrogens with one attached hydrogen (secondary N) is 1. The maximum Gasteiger partial charge on any atom is 0.416 e. The molecule has 0 saturated heterocycles. The number of hydrogen-bond acceptors (Lipinski definition) is 3. The molecule has 0 aliphatic heterocycles. The van der Waals surface area contributed by atoms with E-state index in [0.29, 0.717) is 36.2 Å². The van der Waals surface area contributed by atoms with Crippen molar-refractivity contribution in [2.75, 3.05) is 11.9 Å². The smallest absolute Gasteiger partial charge is 0.315 e. The van der Waals surface area contributed by atoms with E-state index in [1.54, 1.807) is 31.2 Å². The number of carbonyl (C=O) groups is 1. The van der Waals surface area contributed by atoms with Gasteiger partial charge in [0, 0.05) is 18.8 Å². The Labute approximate surface area is 183 Å². The van der Waals surface area contributed by atoms with Gasteiger partial charge in [-0.05, 0) is 50.6 Å². The molecule has 2 amide bonds. The Morgan fingerprint density at radius 1 is 1.16 bits per heavy atom. The zero-order valence-corrected chi connectivity index (χ0v) is 18.1. The molecule has 1 heterocycles. The summed E-state index contributed by atoms with van der Waals surface area (Å²) >= 11 is 0. The molecule has 1 N–H and O–H groups in total. The van der Waals surface area contributed by atoms with Gasteiger partial charge < -0.3 is 10.2 Å². The van der Waals surface area contributed by atoms with Crippen LogP contribution in [0.25, 0.3) is 10.9 Å². The van der Waals surface area contributed by atoms with Crippen LogP contribution < -0.4 is 10.9 Å². The number of urea groups is 1. The van der Waals surface area contributed by atoms with E-state index in [1.807, 2.05) is 13.8 Å². The Hall–Kier alpha value is -3.36. The second-order valence-electron chi connectivity index (χ2n) is 7.41. The molecule has 0 bridgehead atoms. The van der Waals surface area contributed by atoms with Gasteiger partial charge in [-0.15, -0.1) is 0 Å². The standard InChI is InChI=1S/C23H25F3N4O2/c1-4-13-30(22(32)27-17-10-8-9-16(14-17)23(24,25)26)15(3)20-28-19-12-7-6-11-18(19)21(31)29(20)5-2/h6-12,14-15H,4-5,13H2,1-3H3,(H,27,32). The van der Waals surface area contributed by atoms with E-state index in [9.17, 15) is 22.8 Å². The number of nitrogens with zero attached hydrogens (tertiary/aromatic N) is 3. The Bertz CT molecular complexity index is 1170. The summed E-state index contributed by atoms with van der Waals surface area (Å²) in [5.74, 6) is 0.420. The highest BCUT2D eigenvalue weighted by atomic mass is 19.4. The lowest BCUT2D eigenvalue weighted by Crippen LogP contribution is -2.40. The van der Waals surface area contributed by atoms with E-state index in [-0.39, 0.29) is 11.2 Å². The van der Waals surface area contributed by atoms with E-state index in [0.717, 1.165) is 12.1 Å². The van der Waals surface area contributed by atoms with Crippen molar-refractivity contribution in [1.82, 2.24) is 14.5 Å².